The van der Waals surface area contributed by atoms with Gasteiger partial charge in [-0.25, -0.2) is 0 Å². The SMILES string of the molecule is CCCCCCCCCCCCCCCC(=O)C(CN)S(=O)(=O)OC.[NaH]. The Morgan fingerprint density at radius 3 is 1.58 bits per heavy atom. The predicted octanol–water partition coefficient (Wildman–Crippen LogP) is 3.69. The normalized spacial score (nSPS) is 12.6. The van der Waals surface area contributed by atoms with Gasteiger partial charge in [0, 0.05) is 13.0 Å². The molecule has 0 aliphatic rings. The molecule has 26 heavy (non-hydrogen) atoms. The van der Waals surface area contributed by atoms with Crippen molar-refractivity contribution in [2.75, 3.05) is 13.7 Å². The van der Waals surface area contributed by atoms with Gasteiger partial charge in [-0.1, -0.05) is 84.0 Å². The van der Waals surface area contributed by atoms with Crippen LogP contribution in [0.25, 0.3) is 0 Å². The molecular formula is C19H40NNaO4S. The summed E-state index contributed by atoms with van der Waals surface area (Å²) in [7, 11) is -2.79. The molecule has 0 aromatic rings. The number of nitrogens with two attached hydrogens (primary N) is 1. The van der Waals surface area contributed by atoms with Gasteiger partial charge in [0.2, 0.25) is 0 Å². The molecule has 2 N–H and O–H groups in total. The van der Waals surface area contributed by atoms with Crippen LogP contribution in [0, 0.1) is 0 Å². The van der Waals surface area contributed by atoms with E-state index in [1.165, 1.54) is 64.2 Å². The van der Waals surface area contributed by atoms with E-state index in [0.717, 1.165) is 26.4 Å². The summed E-state index contributed by atoms with van der Waals surface area (Å²) < 4.78 is 27.6. The summed E-state index contributed by atoms with van der Waals surface area (Å²) in [6.45, 7) is 2.03. The molecule has 0 amide bonds. The number of carbonyl (C=O) groups excluding carboxylic acids is 1. The summed E-state index contributed by atoms with van der Waals surface area (Å²) in [6.07, 6.45) is 16.3. The van der Waals surface area contributed by atoms with Gasteiger partial charge in [-0.3, -0.25) is 8.98 Å². The first-order valence-electron chi connectivity index (χ1n) is 10.0. The maximum atomic E-state index is 11.9. The Morgan fingerprint density at radius 1 is 0.846 bits per heavy atom. The first-order chi connectivity index (χ1) is 12.0. The van der Waals surface area contributed by atoms with E-state index in [4.69, 9.17) is 5.73 Å². The second kappa shape index (κ2) is 18.9. The summed E-state index contributed by atoms with van der Waals surface area (Å²) >= 11 is 0. The second-order valence-electron chi connectivity index (χ2n) is 6.84. The third kappa shape index (κ3) is 14.6. The van der Waals surface area contributed by atoms with Crippen LogP contribution in [0.3, 0.4) is 0 Å². The van der Waals surface area contributed by atoms with Crippen LogP contribution in [0.15, 0.2) is 0 Å². The third-order valence-electron chi connectivity index (χ3n) is 4.68. The molecule has 0 bridgehead atoms. The van der Waals surface area contributed by atoms with Gasteiger partial charge in [0.15, 0.2) is 11.0 Å². The Morgan fingerprint density at radius 2 is 1.23 bits per heavy atom. The Balaban J connectivity index is 0. The van der Waals surface area contributed by atoms with Crippen molar-refractivity contribution >= 4 is 45.5 Å². The molecule has 0 saturated heterocycles. The molecule has 0 rings (SSSR count). The Labute approximate surface area is 183 Å². The Hall–Kier alpha value is 0.540. The average Bonchev–Trinajstić information content (AvgIpc) is 2.59. The van der Waals surface area contributed by atoms with Crippen LogP contribution in [0.5, 0.6) is 0 Å². The Bertz CT molecular complexity index is 429. The third-order valence-corrected chi connectivity index (χ3v) is 6.30. The van der Waals surface area contributed by atoms with Gasteiger partial charge in [0.25, 0.3) is 10.1 Å². The van der Waals surface area contributed by atoms with Gasteiger partial charge in [-0.2, -0.15) is 8.42 Å². The van der Waals surface area contributed by atoms with Crippen molar-refractivity contribution in [3.63, 3.8) is 0 Å². The zero-order valence-electron chi connectivity index (χ0n) is 16.3. The van der Waals surface area contributed by atoms with Crippen molar-refractivity contribution in [2.24, 2.45) is 5.73 Å². The second-order valence-corrected chi connectivity index (χ2v) is 8.73. The van der Waals surface area contributed by atoms with E-state index in [1.54, 1.807) is 0 Å². The van der Waals surface area contributed by atoms with Crippen LogP contribution < -0.4 is 5.73 Å². The molecule has 1 atom stereocenters. The number of carbonyl (C=O) groups is 1. The number of Topliss-reactive ketones (excluding diaryl/α,β-unsaturated/α-hetero) is 1. The van der Waals surface area contributed by atoms with Gasteiger partial charge in [0.1, 0.15) is 0 Å². The van der Waals surface area contributed by atoms with Crippen LogP contribution in [-0.4, -0.2) is 62.7 Å². The number of unbranched alkanes of at least 4 members (excludes halogenated alkanes) is 12. The van der Waals surface area contributed by atoms with Gasteiger partial charge in [-0.15, -0.1) is 0 Å². The number of ketones is 1. The van der Waals surface area contributed by atoms with E-state index >= 15 is 0 Å². The maximum absolute atomic E-state index is 11.9. The molecule has 0 heterocycles. The summed E-state index contributed by atoms with van der Waals surface area (Å²) in [5, 5.41) is -1.21. The number of hydrogen-bond acceptors (Lipinski definition) is 5. The van der Waals surface area contributed by atoms with Crippen LogP contribution in [-0.2, 0) is 19.1 Å². The van der Waals surface area contributed by atoms with Crippen LogP contribution in [0.1, 0.15) is 96.8 Å². The fourth-order valence-electron chi connectivity index (χ4n) is 3.00. The summed E-state index contributed by atoms with van der Waals surface area (Å²) in [5.41, 5.74) is 5.40. The summed E-state index contributed by atoms with van der Waals surface area (Å²) in [5.74, 6) is -0.326. The van der Waals surface area contributed by atoms with Crippen LogP contribution in [0.4, 0.5) is 0 Å². The van der Waals surface area contributed by atoms with Crippen molar-refractivity contribution in [3.05, 3.63) is 0 Å². The number of rotatable bonds is 18. The van der Waals surface area contributed by atoms with Crippen LogP contribution in [0.2, 0.25) is 0 Å². The van der Waals surface area contributed by atoms with E-state index < -0.39 is 15.4 Å². The number of hydrogen-bond donors (Lipinski definition) is 1. The zero-order valence-corrected chi connectivity index (χ0v) is 17.1. The van der Waals surface area contributed by atoms with Crippen molar-refractivity contribution < 1.29 is 17.4 Å². The first kappa shape index (κ1) is 28.7. The standard InChI is InChI=1S/C19H39NO4S.Na.H/c1-3-4-5-6-7-8-9-10-11-12-13-14-15-16-18(21)19(17-20)25(22,23)24-2;;/h19H,3-17,20H2,1-2H3;;. The van der Waals surface area contributed by atoms with Crippen molar-refractivity contribution in [1.82, 2.24) is 0 Å². The predicted molar refractivity (Wildman–Crippen MR) is 111 cm³/mol. The van der Waals surface area contributed by atoms with E-state index in [1.807, 2.05) is 0 Å². The molecule has 152 valence electrons. The van der Waals surface area contributed by atoms with Crippen molar-refractivity contribution in [1.29, 1.82) is 0 Å². The summed E-state index contributed by atoms with van der Waals surface area (Å²) in [4.78, 5) is 11.9. The van der Waals surface area contributed by atoms with Gasteiger partial charge in [0.05, 0.1) is 7.11 Å². The van der Waals surface area contributed by atoms with Crippen molar-refractivity contribution in [2.45, 2.75) is 102 Å². The molecular weight excluding hydrogens is 361 g/mol. The quantitative estimate of drug-likeness (QED) is 0.215. The zero-order chi connectivity index (χ0) is 19.0. The Kier molecular flexibility index (Phi) is 20.9. The van der Waals surface area contributed by atoms with Gasteiger partial charge >= 0.3 is 29.6 Å². The van der Waals surface area contributed by atoms with Gasteiger partial charge in [-0.05, 0) is 6.42 Å². The fourth-order valence-corrected chi connectivity index (χ4v) is 3.91. The molecule has 0 aliphatic heterocycles. The van der Waals surface area contributed by atoms with E-state index in [0.29, 0.717) is 0 Å². The topological polar surface area (TPSA) is 86.5 Å². The van der Waals surface area contributed by atoms with Gasteiger partial charge < -0.3 is 5.73 Å². The van der Waals surface area contributed by atoms with Crippen LogP contribution >= 0.6 is 0 Å². The molecule has 0 saturated carbocycles. The summed E-state index contributed by atoms with van der Waals surface area (Å²) in [6, 6.07) is 0. The molecule has 0 aliphatic carbocycles. The molecule has 0 fully saturated rings. The molecule has 0 spiro atoms. The molecule has 5 nitrogen and oxygen atoms in total. The monoisotopic (exact) mass is 401 g/mol. The van der Waals surface area contributed by atoms with E-state index in [9.17, 15) is 13.2 Å². The minimum absolute atomic E-state index is 0. The molecule has 7 heteroatoms. The fraction of sp³-hybridized carbons (Fsp3) is 0.947. The van der Waals surface area contributed by atoms with E-state index in [-0.39, 0.29) is 48.3 Å². The first-order valence-corrected chi connectivity index (χ1v) is 11.5. The molecule has 0 radical (unpaired) electrons. The minimum atomic E-state index is -3.85. The molecule has 0 aromatic carbocycles. The van der Waals surface area contributed by atoms with E-state index in [2.05, 4.69) is 11.1 Å². The van der Waals surface area contributed by atoms with Crippen molar-refractivity contribution in [3.8, 4) is 0 Å². The molecule has 0 aromatic heterocycles. The molecule has 1 unspecified atom stereocenters. The average molecular weight is 402 g/mol.